The van der Waals surface area contributed by atoms with Crippen molar-refractivity contribution in [3.8, 4) is 11.1 Å². The van der Waals surface area contributed by atoms with Crippen LogP contribution in [0.25, 0.3) is 11.1 Å². The average molecular weight is 611 g/mol. The number of hydrogen-bond acceptors (Lipinski definition) is 6. The molecule has 44 heavy (non-hydrogen) atoms. The molecule has 2 aromatic carbocycles. The van der Waals surface area contributed by atoms with Crippen LogP contribution in [0.1, 0.15) is 42.3 Å². The molecule has 0 unspecified atom stereocenters. The van der Waals surface area contributed by atoms with Crippen LogP contribution in [0.5, 0.6) is 0 Å². The molecule has 226 valence electrons. The zero-order chi connectivity index (χ0) is 31.4. The summed E-state index contributed by atoms with van der Waals surface area (Å²) in [6.07, 6.45) is 3.20. The maximum Gasteiger partial charge on any atom is 0.265 e. The highest BCUT2D eigenvalue weighted by Gasteiger charge is 2.22. The van der Waals surface area contributed by atoms with Crippen LogP contribution in [-0.2, 0) is 23.0 Å². The minimum atomic E-state index is -0.437. The van der Waals surface area contributed by atoms with Gasteiger partial charge in [0.15, 0.2) is 0 Å². The Morgan fingerprint density at radius 3 is 2.50 bits per heavy atom. The highest BCUT2D eigenvalue weighted by Crippen LogP contribution is 2.30. The highest BCUT2D eigenvalue weighted by molar-refractivity contribution is 7.12. The smallest absolute Gasteiger partial charge is 0.265 e. The molecule has 9 nitrogen and oxygen atoms in total. The Balaban J connectivity index is 1.45. The van der Waals surface area contributed by atoms with Crippen LogP contribution in [0.3, 0.4) is 0 Å². The molecule has 0 bridgehead atoms. The molecular formula is C34H34N4O5S. The molecule has 1 fully saturated rings. The summed E-state index contributed by atoms with van der Waals surface area (Å²) in [7, 11) is 1.70. The first-order chi connectivity index (χ1) is 21.1. The summed E-state index contributed by atoms with van der Waals surface area (Å²) in [4.78, 5) is 54.0. The van der Waals surface area contributed by atoms with E-state index in [1.807, 2.05) is 49.6 Å². The molecule has 3 heterocycles. The Morgan fingerprint density at radius 1 is 1.02 bits per heavy atom. The van der Waals surface area contributed by atoms with E-state index >= 15 is 0 Å². The molecule has 0 saturated carbocycles. The van der Waals surface area contributed by atoms with Crippen LogP contribution < -0.4 is 16.2 Å². The van der Waals surface area contributed by atoms with E-state index in [0.717, 1.165) is 33.9 Å². The second-order valence-electron chi connectivity index (χ2n) is 10.7. The Labute approximate surface area is 259 Å². The number of hydrogen-bond donors (Lipinski definition) is 2. The van der Waals surface area contributed by atoms with Gasteiger partial charge in [0, 0.05) is 44.0 Å². The lowest BCUT2D eigenvalue weighted by atomic mass is 9.96. The third kappa shape index (κ3) is 6.72. The summed E-state index contributed by atoms with van der Waals surface area (Å²) < 4.78 is 6.91. The monoisotopic (exact) mass is 610 g/mol. The second-order valence-corrected chi connectivity index (χ2v) is 11.7. The lowest BCUT2D eigenvalue weighted by molar-refractivity contribution is -0.111. The predicted molar refractivity (Wildman–Crippen MR) is 174 cm³/mol. The SMILES string of the molecule is C=CC(=O)Nc1cc(Cc2cc(-c3cccc(NC(=O)c4cc(C)cs4)c3C)cn(C)c2=O)ccc1C(=O)N1CCOCC1. The first-order valence-electron chi connectivity index (χ1n) is 14.2. The van der Waals surface area contributed by atoms with Gasteiger partial charge in [-0.2, -0.15) is 0 Å². The van der Waals surface area contributed by atoms with Gasteiger partial charge >= 0.3 is 0 Å². The maximum absolute atomic E-state index is 13.3. The standard InChI is InChI=1S/C34H34N4O5S/c1-5-31(39)35-29-17-23(9-10-27(29)34(42)38-11-13-43-14-12-38)16-24-18-25(19-37(4)33(24)41)26-7-6-8-28(22(26)3)36-32(40)30-15-21(2)20-44-30/h5-10,15,17-20H,1,11-14,16H2,2-4H3,(H,35,39)(H,36,40). The number of anilines is 2. The molecule has 10 heteroatoms. The zero-order valence-corrected chi connectivity index (χ0v) is 25.8. The van der Waals surface area contributed by atoms with Crippen molar-refractivity contribution in [3.05, 3.63) is 116 Å². The predicted octanol–water partition coefficient (Wildman–Crippen LogP) is 5.17. The lowest BCUT2D eigenvalue weighted by Gasteiger charge is -2.27. The van der Waals surface area contributed by atoms with Gasteiger partial charge < -0.3 is 24.8 Å². The van der Waals surface area contributed by atoms with Gasteiger partial charge in [0.1, 0.15) is 0 Å². The normalized spacial score (nSPS) is 12.9. The third-order valence-corrected chi connectivity index (χ3v) is 8.60. The van der Waals surface area contributed by atoms with E-state index < -0.39 is 5.91 Å². The Hall–Kier alpha value is -4.80. The van der Waals surface area contributed by atoms with Crippen molar-refractivity contribution >= 4 is 40.4 Å². The van der Waals surface area contributed by atoms with Crippen molar-refractivity contribution < 1.29 is 19.1 Å². The number of thiophene rings is 1. The number of nitrogens with zero attached hydrogens (tertiary/aromatic N) is 2. The third-order valence-electron chi connectivity index (χ3n) is 7.56. The van der Waals surface area contributed by atoms with Gasteiger partial charge in [-0.05, 0) is 83.5 Å². The molecule has 0 atom stereocenters. The topological polar surface area (TPSA) is 110 Å². The Bertz CT molecular complexity index is 1820. The van der Waals surface area contributed by atoms with Crippen molar-refractivity contribution in [1.82, 2.24) is 9.47 Å². The molecule has 0 aliphatic carbocycles. The summed E-state index contributed by atoms with van der Waals surface area (Å²) >= 11 is 1.40. The lowest BCUT2D eigenvalue weighted by Crippen LogP contribution is -2.41. The number of morpholine rings is 1. The fourth-order valence-electron chi connectivity index (χ4n) is 5.20. The number of rotatable bonds is 8. The number of aromatic nitrogens is 1. The molecule has 1 saturated heterocycles. The van der Waals surface area contributed by atoms with Crippen LogP contribution >= 0.6 is 11.3 Å². The largest absolute Gasteiger partial charge is 0.378 e. The fraction of sp³-hybridized carbons (Fsp3) is 0.235. The summed E-state index contributed by atoms with van der Waals surface area (Å²) in [5.41, 5.74) is 6.16. The molecule has 2 N–H and O–H groups in total. The zero-order valence-electron chi connectivity index (χ0n) is 24.9. The molecule has 4 aromatic rings. The molecule has 0 radical (unpaired) electrons. The number of ether oxygens (including phenoxy) is 1. The van der Waals surface area contributed by atoms with Gasteiger partial charge in [-0.3, -0.25) is 19.2 Å². The Kier molecular flexibility index (Phi) is 9.22. The number of nitrogens with one attached hydrogen (secondary N) is 2. The molecule has 1 aliphatic rings. The van der Waals surface area contributed by atoms with Gasteiger partial charge in [0.05, 0.1) is 29.3 Å². The van der Waals surface area contributed by atoms with E-state index in [9.17, 15) is 19.2 Å². The van der Waals surface area contributed by atoms with E-state index in [-0.39, 0.29) is 23.8 Å². The van der Waals surface area contributed by atoms with Gasteiger partial charge in [0.25, 0.3) is 17.4 Å². The number of aryl methyl sites for hydroxylation is 2. The maximum atomic E-state index is 13.3. The number of benzene rings is 2. The average Bonchev–Trinajstić information content (AvgIpc) is 3.47. The quantitative estimate of drug-likeness (QED) is 0.268. The van der Waals surface area contributed by atoms with Crippen molar-refractivity contribution in [2.45, 2.75) is 20.3 Å². The first kappa shape index (κ1) is 30.7. The summed E-state index contributed by atoms with van der Waals surface area (Å²) in [6, 6.07) is 14.6. The van der Waals surface area contributed by atoms with E-state index in [0.29, 0.717) is 53.7 Å². The number of carbonyl (C=O) groups is 3. The van der Waals surface area contributed by atoms with Crippen LogP contribution in [0, 0.1) is 13.8 Å². The number of pyridine rings is 1. The summed E-state index contributed by atoms with van der Waals surface area (Å²) in [6.45, 7) is 9.27. The second kappa shape index (κ2) is 13.2. The van der Waals surface area contributed by atoms with Crippen LogP contribution in [0.15, 0.2) is 77.6 Å². The van der Waals surface area contributed by atoms with E-state index in [4.69, 9.17) is 4.74 Å². The van der Waals surface area contributed by atoms with Crippen LogP contribution in [0.2, 0.25) is 0 Å². The van der Waals surface area contributed by atoms with Crippen molar-refractivity contribution in [2.24, 2.45) is 7.05 Å². The van der Waals surface area contributed by atoms with Crippen molar-refractivity contribution in [1.29, 1.82) is 0 Å². The number of amides is 3. The first-order valence-corrected chi connectivity index (χ1v) is 15.1. The molecule has 1 aliphatic heterocycles. The molecule has 0 spiro atoms. The molecular weight excluding hydrogens is 576 g/mol. The summed E-state index contributed by atoms with van der Waals surface area (Å²) in [5, 5.41) is 7.72. The Morgan fingerprint density at radius 2 is 1.80 bits per heavy atom. The summed E-state index contributed by atoms with van der Waals surface area (Å²) in [5.74, 6) is -0.805. The van der Waals surface area contributed by atoms with Crippen molar-refractivity contribution in [2.75, 3.05) is 36.9 Å². The van der Waals surface area contributed by atoms with Crippen molar-refractivity contribution in [3.63, 3.8) is 0 Å². The van der Waals surface area contributed by atoms with E-state index in [1.165, 1.54) is 11.3 Å². The van der Waals surface area contributed by atoms with Gasteiger partial charge in [0.2, 0.25) is 5.91 Å². The van der Waals surface area contributed by atoms with Gasteiger partial charge in [-0.1, -0.05) is 24.8 Å². The number of carbonyl (C=O) groups excluding carboxylic acids is 3. The highest BCUT2D eigenvalue weighted by atomic mass is 32.1. The van der Waals surface area contributed by atoms with Crippen LogP contribution in [0.4, 0.5) is 11.4 Å². The minimum absolute atomic E-state index is 0.158. The minimum Gasteiger partial charge on any atom is -0.378 e. The van der Waals surface area contributed by atoms with Crippen LogP contribution in [-0.4, -0.2) is 53.5 Å². The molecule has 3 amide bonds. The van der Waals surface area contributed by atoms with E-state index in [2.05, 4.69) is 17.2 Å². The fourth-order valence-corrected chi connectivity index (χ4v) is 6.00. The molecule has 2 aromatic heterocycles. The van der Waals surface area contributed by atoms with Gasteiger partial charge in [-0.15, -0.1) is 11.3 Å². The molecule has 5 rings (SSSR count). The van der Waals surface area contributed by atoms with Gasteiger partial charge in [-0.25, -0.2) is 0 Å². The van der Waals surface area contributed by atoms with E-state index in [1.54, 1.807) is 40.9 Å².